The number of fused-ring (bicyclic) bond motifs is 2. The fraction of sp³-hybridized carbons (Fsp3) is 0.438. The average molecular weight is 273 g/mol. The summed E-state index contributed by atoms with van der Waals surface area (Å²) in [6, 6.07) is 5.01. The number of hydrogen-bond donors (Lipinski definition) is 1. The van der Waals surface area contributed by atoms with E-state index in [1.807, 2.05) is 13.0 Å². The van der Waals surface area contributed by atoms with Gasteiger partial charge in [-0.15, -0.1) is 0 Å². The Bertz CT molecular complexity index is 652. The highest BCUT2D eigenvalue weighted by Gasteiger charge is 2.23. The van der Waals surface area contributed by atoms with E-state index in [2.05, 4.69) is 16.8 Å². The molecule has 1 aliphatic rings. The summed E-state index contributed by atoms with van der Waals surface area (Å²) in [5, 5.41) is 0.858. The summed E-state index contributed by atoms with van der Waals surface area (Å²) >= 11 is 0. The molecule has 2 aromatic rings. The molecule has 0 fully saturated rings. The van der Waals surface area contributed by atoms with E-state index < -0.39 is 0 Å². The lowest BCUT2D eigenvalue weighted by molar-refractivity contribution is 0.264. The van der Waals surface area contributed by atoms with E-state index in [4.69, 9.17) is 5.73 Å². The van der Waals surface area contributed by atoms with Crippen molar-refractivity contribution in [2.75, 3.05) is 13.1 Å². The Hall–Kier alpha value is -1.52. The molecule has 1 aromatic heterocycles. The second-order valence-electron chi connectivity index (χ2n) is 5.49. The molecular formula is C16H20FN3. The van der Waals surface area contributed by atoms with Crippen LogP contribution < -0.4 is 5.73 Å². The van der Waals surface area contributed by atoms with Crippen LogP contribution in [-0.2, 0) is 13.0 Å². The number of hydrogen-bond acceptors (Lipinski definition) is 3. The Morgan fingerprint density at radius 1 is 1.45 bits per heavy atom. The van der Waals surface area contributed by atoms with Crippen molar-refractivity contribution in [3.05, 3.63) is 40.8 Å². The van der Waals surface area contributed by atoms with Crippen molar-refractivity contribution in [2.45, 2.75) is 32.9 Å². The Morgan fingerprint density at radius 2 is 2.25 bits per heavy atom. The molecular weight excluding hydrogens is 253 g/mol. The van der Waals surface area contributed by atoms with E-state index in [0.29, 0.717) is 5.52 Å². The number of likely N-dealkylation sites (N-methyl/N-ethyl adjacent to an activating group) is 1. The summed E-state index contributed by atoms with van der Waals surface area (Å²) in [6.07, 6.45) is 0.868. The lowest BCUT2D eigenvalue weighted by Crippen LogP contribution is -2.32. The van der Waals surface area contributed by atoms with E-state index in [-0.39, 0.29) is 11.9 Å². The average Bonchev–Trinajstić information content (AvgIpc) is 2.44. The topological polar surface area (TPSA) is 42.2 Å². The van der Waals surface area contributed by atoms with Gasteiger partial charge in [-0.1, -0.05) is 19.1 Å². The van der Waals surface area contributed by atoms with E-state index in [9.17, 15) is 4.39 Å². The maximum Gasteiger partial charge on any atom is 0.149 e. The van der Waals surface area contributed by atoms with Crippen molar-refractivity contribution in [1.29, 1.82) is 0 Å². The molecule has 1 aromatic carbocycles. The molecule has 0 spiro atoms. The van der Waals surface area contributed by atoms with Gasteiger partial charge in [0.15, 0.2) is 0 Å². The third kappa shape index (κ3) is 2.09. The van der Waals surface area contributed by atoms with Crippen molar-refractivity contribution in [3.8, 4) is 0 Å². The Morgan fingerprint density at radius 3 is 2.95 bits per heavy atom. The van der Waals surface area contributed by atoms with Crippen LogP contribution in [0.25, 0.3) is 10.9 Å². The van der Waals surface area contributed by atoms with Gasteiger partial charge in [0, 0.05) is 36.6 Å². The lowest BCUT2D eigenvalue weighted by Gasteiger charge is -2.30. The lowest BCUT2D eigenvalue weighted by atomic mass is 9.92. The highest BCUT2D eigenvalue weighted by Crippen LogP contribution is 2.32. The Kier molecular flexibility index (Phi) is 3.44. The summed E-state index contributed by atoms with van der Waals surface area (Å²) in [4.78, 5) is 6.95. The molecule has 2 heterocycles. The number of pyridine rings is 1. The molecule has 106 valence electrons. The van der Waals surface area contributed by atoms with Crippen LogP contribution in [-0.4, -0.2) is 23.0 Å². The maximum absolute atomic E-state index is 14.0. The summed E-state index contributed by atoms with van der Waals surface area (Å²) in [6.45, 7) is 6.98. The van der Waals surface area contributed by atoms with Gasteiger partial charge in [0.2, 0.25) is 0 Å². The van der Waals surface area contributed by atoms with Crippen LogP contribution in [0.3, 0.4) is 0 Å². The molecule has 0 bridgehead atoms. The number of para-hydroxylation sites is 1. The highest BCUT2D eigenvalue weighted by molar-refractivity contribution is 5.84. The van der Waals surface area contributed by atoms with Crippen LogP contribution in [0.15, 0.2) is 18.2 Å². The third-order valence-corrected chi connectivity index (χ3v) is 4.15. The minimum atomic E-state index is -0.259. The van der Waals surface area contributed by atoms with Gasteiger partial charge in [0.25, 0.3) is 0 Å². The highest BCUT2D eigenvalue weighted by atomic mass is 19.1. The predicted octanol–water partition coefficient (Wildman–Crippen LogP) is 2.77. The molecule has 0 amide bonds. The second kappa shape index (κ2) is 5.11. The molecule has 1 unspecified atom stereocenters. The van der Waals surface area contributed by atoms with Crippen LogP contribution in [0, 0.1) is 5.82 Å². The van der Waals surface area contributed by atoms with Crippen LogP contribution in [0.1, 0.15) is 36.7 Å². The van der Waals surface area contributed by atoms with Gasteiger partial charge >= 0.3 is 0 Å². The van der Waals surface area contributed by atoms with Crippen molar-refractivity contribution in [1.82, 2.24) is 9.88 Å². The SMILES string of the molecule is CCN1CCc2nc3c(F)cccc3c(C(C)N)c2C1. The number of rotatable bonds is 2. The molecule has 2 N–H and O–H groups in total. The zero-order valence-corrected chi connectivity index (χ0v) is 12.0. The minimum Gasteiger partial charge on any atom is -0.324 e. The molecule has 1 aliphatic heterocycles. The molecule has 0 saturated heterocycles. The maximum atomic E-state index is 14.0. The van der Waals surface area contributed by atoms with Gasteiger partial charge in [-0.05, 0) is 30.7 Å². The molecule has 3 rings (SSSR count). The molecule has 0 saturated carbocycles. The van der Waals surface area contributed by atoms with Gasteiger partial charge < -0.3 is 5.73 Å². The van der Waals surface area contributed by atoms with Gasteiger partial charge in [-0.25, -0.2) is 9.37 Å². The van der Waals surface area contributed by atoms with Gasteiger partial charge in [-0.2, -0.15) is 0 Å². The standard InChI is InChI=1S/C16H20FN3/c1-3-20-8-7-14-12(9-20)15(10(2)18)11-5-4-6-13(17)16(11)19-14/h4-6,10H,3,7-9,18H2,1-2H3. The quantitative estimate of drug-likeness (QED) is 0.915. The zero-order valence-electron chi connectivity index (χ0n) is 12.0. The Balaban J connectivity index is 2.29. The van der Waals surface area contributed by atoms with Gasteiger partial charge in [0.1, 0.15) is 11.3 Å². The number of halogens is 1. The van der Waals surface area contributed by atoms with E-state index in [1.54, 1.807) is 6.07 Å². The van der Waals surface area contributed by atoms with E-state index in [1.165, 1.54) is 11.6 Å². The molecule has 0 aliphatic carbocycles. The summed E-state index contributed by atoms with van der Waals surface area (Å²) in [5.41, 5.74) is 9.91. The fourth-order valence-corrected chi connectivity index (χ4v) is 3.11. The molecule has 0 radical (unpaired) electrons. The largest absolute Gasteiger partial charge is 0.324 e. The summed E-state index contributed by atoms with van der Waals surface area (Å²) < 4.78 is 14.0. The second-order valence-corrected chi connectivity index (χ2v) is 5.49. The molecule has 20 heavy (non-hydrogen) atoms. The van der Waals surface area contributed by atoms with Gasteiger partial charge in [-0.3, -0.25) is 4.90 Å². The number of nitrogens with two attached hydrogens (primary N) is 1. The normalized spacial score (nSPS) is 17.2. The van der Waals surface area contributed by atoms with E-state index in [0.717, 1.165) is 42.7 Å². The monoisotopic (exact) mass is 273 g/mol. The summed E-state index contributed by atoms with van der Waals surface area (Å²) in [5.74, 6) is -0.259. The molecule has 4 heteroatoms. The van der Waals surface area contributed by atoms with Crippen LogP contribution >= 0.6 is 0 Å². The first kappa shape index (κ1) is 13.5. The van der Waals surface area contributed by atoms with E-state index >= 15 is 0 Å². The van der Waals surface area contributed by atoms with Crippen LogP contribution in [0.2, 0.25) is 0 Å². The third-order valence-electron chi connectivity index (χ3n) is 4.15. The molecule has 3 nitrogen and oxygen atoms in total. The minimum absolute atomic E-state index is 0.118. The van der Waals surface area contributed by atoms with Crippen molar-refractivity contribution in [3.63, 3.8) is 0 Å². The first-order chi connectivity index (χ1) is 9.61. The van der Waals surface area contributed by atoms with Crippen LogP contribution in [0.4, 0.5) is 4.39 Å². The smallest absolute Gasteiger partial charge is 0.149 e. The Labute approximate surface area is 118 Å². The first-order valence-corrected chi connectivity index (χ1v) is 7.19. The predicted molar refractivity (Wildman–Crippen MR) is 79.0 cm³/mol. The van der Waals surface area contributed by atoms with Gasteiger partial charge in [0.05, 0.1) is 0 Å². The fourth-order valence-electron chi connectivity index (χ4n) is 3.11. The van der Waals surface area contributed by atoms with Crippen molar-refractivity contribution >= 4 is 10.9 Å². The van der Waals surface area contributed by atoms with Crippen molar-refractivity contribution < 1.29 is 4.39 Å². The summed E-state index contributed by atoms with van der Waals surface area (Å²) in [7, 11) is 0. The number of aromatic nitrogens is 1. The zero-order chi connectivity index (χ0) is 14.3. The molecule has 1 atom stereocenters. The number of nitrogens with zero attached hydrogens (tertiary/aromatic N) is 2. The van der Waals surface area contributed by atoms with Crippen LogP contribution in [0.5, 0.6) is 0 Å². The first-order valence-electron chi connectivity index (χ1n) is 7.19. The number of benzene rings is 1. The van der Waals surface area contributed by atoms with Crippen molar-refractivity contribution in [2.24, 2.45) is 5.73 Å².